The third-order valence-corrected chi connectivity index (χ3v) is 13.5. The Bertz CT molecular complexity index is 1490. The van der Waals surface area contributed by atoms with Gasteiger partial charge in [-0.3, -0.25) is 14.4 Å². The molecule has 19 heteroatoms. The number of aromatic nitrogens is 1. The van der Waals surface area contributed by atoms with Gasteiger partial charge in [0.25, 0.3) is 5.12 Å². The van der Waals surface area contributed by atoms with Crippen molar-refractivity contribution < 1.29 is 66.7 Å². The standard InChI is InChI=1S/C37H54N2O14S3/c1-27-9-10-37(36(3,44)35(43)55-56(37)45)24-32(41)38-28(2)34-39-29(26-54-34)7-5-6-8-30(40)31(23-27)53-33(42)25-52-22-21-51-20-19-50-18-17-49-16-15-48-14-13-47-12-11-46-4/h5-8,23,26,28,31,44H,9-22,24-25H2,1-4H3,(H,38,41)/b7-5-,8-6+,27-23+/t28-,31-,36+,37-,56?/m1/s1. The molecule has 1 amide bonds. The van der Waals surface area contributed by atoms with Gasteiger partial charge >= 0.3 is 5.97 Å². The van der Waals surface area contributed by atoms with E-state index in [1.54, 1.807) is 38.5 Å². The van der Waals surface area contributed by atoms with Crippen molar-refractivity contribution in [1.29, 1.82) is 0 Å². The number of amides is 1. The summed E-state index contributed by atoms with van der Waals surface area (Å²) in [4.78, 5) is 56.6. The summed E-state index contributed by atoms with van der Waals surface area (Å²) < 4.78 is 54.6. The third kappa shape index (κ3) is 16.0. The van der Waals surface area contributed by atoms with E-state index in [2.05, 4.69) is 10.3 Å². The minimum Gasteiger partial charge on any atom is -0.604 e. The van der Waals surface area contributed by atoms with Crippen LogP contribution in [-0.4, -0.2) is 147 Å². The lowest BCUT2D eigenvalue weighted by atomic mass is 9.81. The molecule has 2 aliphatic rings. The van der Waals surface area contributed by atoms with E-state index in [1.807, 2.05) is 0 Å². The normalized spacial score (nSPS) is 27.0. The highest BCUT2D eigenvalue weighted by molar-refractivity contribution is 8.79. The summed E-state index contributed by atoms with van der Waals surface area (Å²) in [5, 5.41) is 15.9. The fraction of sp³-hybridized carbons (Fsp3) is 0.649. The Morgan fingerprint density at radius 2 is 1.48 bits per heavy atom. The Kier molecular flexibility index (Phi) is 22.0. The molecule has 2 bridgehead atoms. The molecule has 1 unspecified atom stereocenters. The molecule has 56 heavy (non-hydrogen) atoms. The lowest BCUT2D eigenvalue weighted by molar-refractivity contribution is -0.156. The maximum absolute atomic E-state index is 13.4. The van der Waals surface area contributed by atoms with Crippen molar-refractivity contribution in [1.82, 2.24) is 10.3 Å². The van der Waals surface area contributed by atoms with Gasteiger partial charge in [-0.15, -0.1) is 11.3 Å². The fourth-order valence-electron chi connectivity index (χ4n) is 5.30. The van der Waals surface area contributed by atoms with Crippen LogP contribution in [0.1, 0.15) is 56.8 Å². The number of methoxy groups -OCH3 is 1. The number of ether oxygens (including phenoxy) is 8. The van der Waals surface area contributed by atoms with Crippen LogP contribution < -0.4 is 5.32 Å². The Balaban J connectivity index is 1.47. The van der Waals surface area contributed by atoms with Crippen LogP contribution in [0, 0.1) is 0 Å². The molecule has 2 aliphatic heterocycles. The second-order valence-corrected chi connectivity index (χ2v) is 17.0. The maximum Gasteiger partial charge on any atom is 0.333 e. The fourth-order valence-corrected chi connectivity index (χ4v) is 10.0. The summed E-state index contributed by atoms with van der Waals surface area (Å²) in [7, 11) is 0.167. The van der Waals surface area contributed by atoms with E-state index in [9.17, 15) is 28.8 Å². The van der Waals surface area contributed by atoms with Crippen molar-refractivity contribution in [2.45, 2.75) is 62.5 Å². The van der Waals surface area contributed by atoms with Gasteiger partial charge in [-0.2, -0.15) is 0 Å². The topological polar surface area (TPSA) is 210 Å². The number of allylic oxidation sites excluding steroid dienone is 3. The summed E-state index contributed by atoms with van der Waals surface area (Å²) in [5.41, 5.74) is -0.934. The van der Waals surface area contributed by atoms with Gasteiger partial charge in [0.05, 0.1) is 97.4 Å². The predicted molar refractivity (Wildman–Crippen MR) is 210 cm³/mol. The van der Waals surface area contributed by atoms with Crippen LogP contribution in [0.5, 0.6) is 0 Å². The molecular weight excluding hydrogens is 793 g/mol. The molecule has 1 aromatic heterocycles. The highest BCUT2D eigenvalue weighted by atomic mass is 33.1. The van der Waals surface area contributed by atoms with Crippen LogP contribution in [-0.2, 0) is 67.3 Å². The Hall–Kier alpha value is -2.53. The van der Waals surface area contributed by atoms with Gasteiger partial charge in [0.2, 0.25) is 5.91 Å². The van der Waals surface area contributed by atoms with Crippen molar-refractivity contribution in [3.63, 3.8) is 0 Å². The number of carbonyl (C=O) groups is 4. The predicted octanol–water partition coefficient (Wildman–Crippen LogP) is 2.67. The van der Waals surface area contributed by atoms with Crippen molar-refractivity contribution in [2.75, 3.05) is 93.0 Å². The van der Waals surface area contributed by atoms with Crippen LogP contribution in [0.25, 0.3) is 6.08 Å². The second kappa shape index (κ2) is 25.8. The highest BCUT2D eigenvalue weighted by Crippen LogP contribution is 2.53. The van der Waals surface area contributed by atoms with Crippen LogP contribution in [0.2, 0.25) is 0 Å². The van der Waals surface area contributed by atoms with Crippen LogP contribution in [0.3, 0.4) is 0 Å². The highest BCUT2D eigenvalue weighted by Gasteiger charge is 2.69. The number of aliphatic hydroxyl groups is 1. The first kappa shape index (κ1) is 47.8. The van der Waals surface area contributed by atoms with Gasteiger partial charge < -0.3 is 52.9 Å². The zero-order chi connectivity index (χ0) is 40.8. The minimum absolute atomic E-state index is 0.0330. The van der Waals surface area contributed by atoms with Gasteiger partial charge in [0.15, 0.2) is 33.0 Å². The number of thiazole rings is 1. The van der Waals surface area contributed by atoms with E-state index in [1.165, 1.54) is 36.5 Å². The minimum atomic E-state index is -2.08. The lowest BCUT2D eigenvalue weighted by Gasteiger charge is -2.35. The van der Waals surface area contributed by atoms with E-state index in [4.69, 9.17) is 37.9 Å². The number of hydrogen-bond donors (Lipinski definition) is 2. The number of nitrogens with one attached hydrogen (secondary N) is 1. The van der Waals surface area contributed by atoms with Gasteiger partial charge in [-0.05, 0) is 45.4 Å². The van der Waals surface area contributed by atoms with Gasteiger partial charge in [-0.1, -0.05) is 17.7 Å². The maximum atomic E-state index is 13.4. The molecule has 3 heterocycles. The third-order valence-electron chi connectivity index (χ3n) is 8.54. The Morgan fingerprint density at radius 1 is 0.929 bits per heavy atom. The first-order chi connectivity index (χ1) is 26.9. The molecule has 3 rings (SSSR count). The zero-order valence-electron chi connectivity index (χ0n) is 32.4. The molecule has 314 valence electrons. The summed E-state index contributed by atoms with van der Waals surface area (Å²) in [5.74, 6) is -1.83. The summed E-state index contributed by atoms with van der Waals surface area (Å²) >= 11 is 1.32. The largest absolute Gasteiger partial charge is 0.604 e. The molecule has 1 saturated heterocycles. The molecule has 2 N–H and O–H groups in total. The molecule has 1 aromatic rings. The molecule has 1 fully saturated rings. The quantitative estimate of drug-likeness (QED) is 0.0599. The number of carbonyl (C=O) groups excluding carboxylic acids is 4. The van der Waals surface area contributed by atoms with Gasteiger partial charge in [0.1, 0.15) is 11.6 Å². The van der Waals surface area contributed by atoms with E-state index in [0.29, 0.717) is 93.1 Å². The van der Waals surface area contributed by atoms with E-state index >= 15 is 0 Å². The van der Waals surface area contributed by atoms with E-state index < -0.39 is 68.5 Å². The van der Waals surface area contributed by atoms with Gasteiger partial charge in [0, 0.05) is 29.1 Å². The Labute approximate surface area is 338 Å². The summed E-state index contributed by atoms with van der Waals surface area (Å²) in [6, 6.07) is -0.490. The second-order valence-electron chi connectivity index (χ2n) is 12.9. The average Bonchev–Trinajstić information content (AvgIpc) is 3.69. The average molecular weight is 847 g/mol. The van der Waals surface area contributed by atoms with Crippen molar-refractivity contribution in [3.8, 4) is 0 Å². The summed E-state index contributed by atoms with van der Waals surface area (Å²) in [6.45, 7) is 9.01. The number of esters is 1. The molecule has 0 aliphatic carbocycles. The lowest BCUT2D eigenvalue weighted by Crippen LogP contribution is -2.56. The number of hydrogen-bond acceptors (Lipinski definition) is 17. The number of fused-ring (bicyclic) bond motifs is 2. The van der Waals surface area contributed by atoms with Crippen molar-refractivity contribution >= 4 is 61.2 Å². The molecule has 5 atom stereocenters. The van der Waals surface area contributed by atoms with Crippen molar-refractivity contribution in [2.24, 2.45) is 0 Å². The molecular formula is C37H54N2O14S3. The first-order valence-corrected chi connectivity index (χ1v) is 21.6. The number of ketones is 1. The first-order valence-electron chi connectivity index (χ1n) is 18.2. The zero-order valence-corrected chi connectivity index (χ0v) is 34.8. The SMILES string of the molecule is COCCOCCOCCOCCOCCOCCOCC(=O)O[C@@H]1/C=C(\C)CC[C@]2(CC(=O)N[C@H](C)c3nc(cs3)/C=C\C=C\C1=O)[S+]([O-])SC(=O)[C@]2(C)O. The number of nitrogens with zero attached hydrogens (tertiary/aromatic N) is 1. The monoisotopic (exact) mass is 846 g/mol. The van der Waals surface area contributed by atoms with Crippen LogP contribution in [0.4, 0.5) is 0 Å². The number of rotatable bonds is 21. The summed E-state index contributed by atoms with van der Waals surface area (Å²) in [6.07, 6.45) is 5.90. The van der Waals surface area contributed by atoms with Gasteiger partial charge in [-0.25, -0.2) is 9.78 Å². The van der Waals surface area contributed by atoms with Crippen LogP contribution >= 0.6 is 22.1 Å². The van der Waals surface area contributed by atoms with Crippen LogP contribution in [0.15, 0.2) is 35.3 Å². The van der Waals surface area contributed by atoms with E-state index in [0.717, 1.165) is 0 Å². The smallest absolute Gasteiger partial charge is 0.333 e. The molecule has 0 radical (unpaired) electrons. The molecule has 0 aromatic carbocycles. The molecule has 0 saturated carbocycles. The van der Waals surface area contributed by atoms with Crippen molar-refractivity contribution in [3.05, 3.63) is 46.0 Å². The van der Waals surface area contributed by atoms with E-state index in [-0.39, 0.29) is 26.1 Å². The molecule has 16 nitrogen and oxygen atoms in total. The molecule has 1 spiro atoms. The Morgan fingerprint density at radius 3 is 2.04 bits per heavy atom.